The summed E-state index contributed by atoms with van der Waals surface area (Å²) in [5, 5.41) is 8.82. The molecule has 0 fully saturated rings. The summed E-state index contributed by atoms with van der Waals surface area (Å²) in [6.07, 6.45) is 1.77. The van der Waals surface area contributed by atoms with Gasteiger partial charge in [-0.15, -0.1) is 0 Å². The van der Waals surface area contributed by atoms with Crippen molar-refractivity contribution in [2.24, 2.45) is 0 Å². The molecule has 6 heteroatoms. The molecule has 0 N–H and O–H groups in total. The molecule has 2 heterocycles. The number of ether oxygens (including phenoxy) is 1. The standard InChI is InChI=1S/C9H8BN3O2/c1-15-9-6-2-10(5-11)3-7(6)12-8(4-14)13-9/h4H,2-3H2,1H3. The fourth-order valence-corrected chi connectivity index (χ4v) is 1.76. The Hall–Kier alpha value is -1.90. The normalized spacial score (nSPS) is 13.2. The number of methoxy groups -OCH3 is 1. The van der Waals surface area contributed by atoms with Gasteiger partial charge in [-0.25, -0.2) is 10.2 Å². The van der Waals surface area contributed by atoms with Crippen LogP contribution < -0.4 is 4.74 Å². The number of carbonyl (C=O) groups is 1. The molecular weight excluding hydrogens is 193 g/mol. The topological polar surface area (TPSA) is 75.9 Å². The van der Waals surface area contributed by atoms with E-state index < -0.39 is 0 Å². The molecule has 0 saturated carbocycles. The third kappa shape index (κ3) is 1.56. The van der Waals surface area contributed by atoms with E-state index in [4.69, 9.17) is 10.00 Å². The first-order valence-electron chi connectivity index (χ1n) is 4.57. The Labute approximate surface area is 87.2 Å². The van der Waals surface area contributed by atoms with Gasteiger partial charge in [0.25, 0.3) is 6.71 Å². The predicted molar refractivity (Wildman–Crippen MR) is 52.7 cm³/mol. The highest BCUT2D eigenvalue weighted by Gasteiger charge is 2.30. The molecule has 0 amide bonds. The molecule has 0 spiro atoms. The lowest BCUT2D eigenvalue weighted by Crippen LogP contribution is -2.10. The van der Waals surface area contributed by atoms with Gasteiger partial charge in [0, 0.05) is 17.2 Å². The quantitative estimate of drug-likeness (QED) is 0.498. The van der Waals surface area contributed by atoms with Gasteiger partial charge in [-0.05, 0) is 12.6 Å². The fraction of sp³-hybridized carbons (Fsp3) is 0.333. The zero-order valence-corrected chi connectivity index (χ0v) is 8.23. The average molecular weight is 201 g/mol. The Morgan fingerprint density at radius 3 is 2.93 bits per heavy atom. The van der Waals surface area contributed by atoms with Crippen LogP contribution >= 0.6 is 0 Å². The van der Waals surface area contributed by atoms with Crippen LogP contribution in [-0.4, -0.2) is 30.1 Å². The monoisotopic (exact) mass is 201 g/mol. The predicted octanol–water partition coefficient (Wildman–Crippen LogP) is 0.0323. The lowest BCUT2D eigenvalue weighted by molar-refractivity contribution is 0.111. The molecule has 5 nitrogen and oxygen atoms in total. The van der Waals surface area contributed by atoms with Gasteiger partial charge < -0.3 is 4.74 Å². The van der Waals surface area contributed by atoms with Gasteiger partial charge in [0.05, 0.1) is 7.11 Å². The van der Waals surface area contributed by atoms with Crippen LogP contribution in [-0.2, 0) is 12.6 Å². The van der Waals surface area contributed by atoms with E-state index in [2.05, 4.69) is 15.9 Å². The van der Waals surface area contributed by atoms with Crippen molar-refractivity contribution in [2.75, 3.05) is 7.11 Å². The Bertz CT molecular complexity index is 455. The van der Waals surface area contributed by atoms with Crippen molar-refractivity contribution in [1.29, 1.82) is 5.26 Å². The fourth-order valence-electron chi connectivity index (χ4n) is 1.76. The first-order valence-corrected chi connectivity index (χ1v) is 4.57. The molecule has 1 aliphatic rings. The number of carbonyl (C=O) groups excluding carboxylic acids is 1. The van der Waals surface area contributed by atoms with Gasteiger partial charge in [0.15, 0.2) is 12.1 Å². The molecule has 2 rings (SSSR count). The molecule has 1 aromatic rings. The van der Waals surface area contributed by atoms with Crippen LogP contribution in [0.3, 0.4) is 0 Å². The molecule has 0 unspecified atom stereocenters. The number of nitriles is 1. The first kappa shape index (κ1) is 9.65. The van der Waals surface area contributed by atoms with Crippen LogP contribution in [0.25, 0.3) is 0 Å². The second-order valence-electron chi connectivity index (χ2n) is 3.37. The summed E-state index contributed by atoms with van der Waals surface area (Å²) in [6, 6.07) is 0. The van der Waals surface area contributed by atoms with Crippen molar-refractivity contribution < 1.29 is 9.53 Å². The number of rotatable bonds is 2. The zero-order valence-electron chi connectivity index (χ0n) is 8.23. The number of aromatic nitrogens is 2. The van der Waals surface area contributed by atoms with E-state index in [-0.39, 0.29) is 12.5 Å². The number of aldehydes is 1. The van der Waals surface area contributed by atoms with Gasteiger partial charge in [0.2, 0.25) is 5.88 Å². The maximum absolute atomic E-state index is 10.6. The zero-order chi connectivity index (χ0) is 10.8. The van der Waals surface area contributed by atoms with Crippen LogP contribution in [0.1, 0.15) is 21.9 Å². The van der Waals surface area contributed by atoms with Gasteiger partial charge in [0.1, 0.15) is 0 Å². The maximum atomic E-state index is 10.6. The van der Waals surface area contributed by atoms with Crippen LogP contribution in [0.15, 0.2) is 0 Å². The van der Waals surface area contributed by atoms with Gasteiger partial charge >= 0.3 is 0 Å². The second kappa shape index (κ2) is 3.69. The van der Waals surface area contributed by atoms with E-state index in [0.29, 0.717) is 24.8 Å². The summed E-state index contributed by atoms with van der Waals surface area (Å²) in [4.78, 5) is 18.6. The van der Waals surface area contributed by atoms with Gasteiger partial charge in [-0.2, -0.15) is 4.98 Å². The van der Waals surface area contributed by atoms with Crippen molar-refractivity contribution >= 4 is 13.0 Å². The Morgan fingerprint density at radius 1 is 1.53 bits per heavy atom. The van der Waals surface area contributed by atoms with Gasteiger partial charge in [-0.1, -0.05) is 0 Å². The highest BCUT2D eigenvalue weighted by molar-refractivity contribution is 6.66. The Kier molecular flexibility index (Phi) is 2.38. The molecule has 0 aliphatic carbocycles. The van der Waals surface area contributed by atoms with E-state index in [1.54, 1.807) is 0 Å². The van der Waals surface area contributed by atoms with E-state index in [0.717, 1.165) is 11.3 Å². The molecule has 0 bridgehead atoms. The van der Waals surface area contributed by atoms with E-state index in [1.807, 2.05) is 0 Å². The lowest BCUT2D eigenvalue weighted by atomic mass is 9.49. The summed E-state index contributed by atoms with van der Waals surface area (Å²) < 4.78 is 5.07. The third-order valence-electron chi connectivity index (χ3n) is 2.44. The van der Waals surface area contributed by atoms with E-state index in [1.165, 1.54) is 7.11 Å². The van der Waals surface area contributed by atoms with Gasteiger partial charge in [-0.3, -0.25) is 4.79 Å². The largest absolute Gasteiger partial charge is 0.481 e. The lowest BCUT2D eigenvalue weighted by Gasteiger charge is -2.05. The molecule has 0 atom stereocenters. The summed E-state index contributed by atoms with van der Waals surface area (Å²) in [5.74, 6) is 2.72. The number of hydrogen-bond donors (Lipinski definition) is 0. The molecule has 1 aliphatic heterocycles. The van der Waals surface area contributed by atoms with Crippen molar-refractivity contribution in [3.8, 4) is 11.8 Å². The maximum Gasteiger partial charge on any atom is 0.278 e. The first-order chi connectivity index (χ1) is 7.28. The molecule has 0 radical (unpaired) electrons. The third-order valence-corrected chi connectivity index (χ3v) is 2.44. The van der Waals surface area contributed by atoms with E-state index >= 15 is 0 Å². The summed E-state index contributed by atoms with van der Waals surface area (Å²) >= 11 is 0. The number of hydrogen-bond acceptors (Lipinski definition) is 5. The van der Waals surface area contributed by atoms with Crippen LogP contribution in [0, 0.1) is 11.2 Å². The van der Waals surface area contributed by atoms with Crippen LogP contribution in [0.5, 0.6) is 5.88 Å². The summed E-state index contributed by atoms with van der Waals surface area (Å²) in [7, 11) is 1.50. The van der Waals surface area contributed by atoms with Crippen LogP contribution in [0.2, 0.25) is 0 Å². The summed E-state index contributed by atoms with van der Waals surface area (Å²) in [5.41, 5.74) is 1.62. The highest BCUT2D eigenvalue weighted by atomic mass is 16.5. The smallest absolute Gasteiger partial charge is 0.278 e. The van der Waals surface area contributed by atoms with Crippen LogP contribution in [0.4, 0.5) is 0 Å². The van der Waals surface area contributed by atoms with Crippen molar-refractivity contribution in [3.05, 3.63) is 17.1 Å². The molecule has 74 valence electrons. The minimum atomic E-state index is -0.0786. The minimum Gasteiger partial charge on any atom is -0.481 e. The number of nitrogens with zero attached hydrogens (tertiary/aromatic N) is 3. The molecule has 15 heavy (non-hydrogen) atoms. The van der Waals surface area contributed by atoms with Crippen molar-refractivity contribution in [1.82, 2.24) is 9.97 Å². The molecule has 0 aromatic carbocycles. The molecule has 0 saturated heterocycles. The number of fused-ring (bicyclic) bond motifs is 1. The minimum absolute atomic E-state index is 0.0786. The molecular formula is C9H8BN3O2. The van der Waals surface area contributed by atoms with Crippen molar-refractivity contribution in [3.63, 3.8) is 0 Å². The Balaban J connectivity index is 2.48. The summed E-state index contributed by atoms with van der Waals surface area (Å²) in [6.45, 7) is -0.0786. The Morgan fingerprint density at radius 2 is 2.33 bits per heavy atom. The van der Waals surface area contributed by atoms with E-state index in [9.17, 15) is 4.79 Å². The van der Waals surface area contributed by atoms with Crippen molar-refractivity contribution in [2.45, 2.75) is 12.6 Å². The molecule has 1 aromatic heterocycles. The second-order valence-corrected chi connectivity index (χ2v) is 3.37. The average Bonchev–Trinajstić information content (AvgIpc) is 2.70. The SMILES string of the molecule is COc1nc(C=O)nc2c1CB(C#N)C2. The highest BCUT2D eigenvalue weighted by Crippen LogP contribution is 2.26.